The zero-order valence-corrected chi connectivity index (χ0v) is 16.1. The maximum atomic E-state index is 12.2. The van der Waals surface area contributed by atoms with Gasteiger partial charge in [-0.05, 0) is 30.8 Å². The number of unbranched alkanes of at least 4 members (excludes halogenated alkanes) is 3. The molecule has 0 atom stereocenters. The van der Waals surface area contributed by atoms with Crippen molar-refractivity contribution >= 4 is 17.1 Å². The van der Waals surface area contributed by atoms with Gasteiger partial charge in [0.05, 0.1) is 4.88 Å². The maximum Gasteiger partial charge on any atom is 0.184 e. The fourth-order valence-corrected chi connectivity index (χ4v) is 4.14. The van der Waals surface area contributed by atoms with Gasteiger partial charge in [-0.15, -0.1) is 11.3 Å². The van der Waals surface area contributed by atoms with Crippen LogP contribution in [0.15, 0.2) is 40.5 Å². The first-order chi connectivity index (χ1) is 13.3. The quantitative estimate of drug-likeness (QED) is 0.415. The van der Waals surface area contributed by atoms with Crippen LogP contribution in [0.5, 0.6) is 0 Å². The van der Waals surface area contributed by atoms with Crippen molar-refractivity contribution in [1.29, 1.82) is 0 Å². The average molecular weight is 385 g/mol. The van der Waals surface area contributed by atoms with E-state index in [1.807, 2.05) is 29.9 Å². The van der Waals surface area contributed by atoms with Gasteiger partial charge in [-0.25, -0.2) is 4.98 Å². The van der Waals surface area contributed by atoms with Crippen molar-refractivity contribution in [2.24, 2.45) is 0 Å². The van der Waals surface area contributed by atoms with Crippen molar-refractivity contribution in [3.63, 3.8) is 0 Å². The van der Waals surface area contributed by atoms with E-state index in [4.69, 9.17) is 4.52 Å². The number of thiophene rings is 1. The molecule has 0 radical (unpaired) electrons. The summed E-state index contributed by atoms with van der Waals surface area (Å²) in [7, 11) is 0. The summed E-state index contributed by atoms with van der Waals surface area (Å²) < 4.78 is 5.28. The second kappa shape index (κ2) is 8.63. The number of rotatable bonds is 10. The van der Waals surface area contributed by atoms with Gasteiger partial charge in [-0.1, -0.05) is 24.1 Å². The van der Waals surface area contributed by atoms with Crippen LogP contribution < -0.4 is 0 Å². The summed E-state index contributed by atoms with van der Waals surface area (Å²) in [4.78, 5) is 23.2. The highest BCUT2D eigenvalue weighted by atomic mass is 32.1. The van der Waals surface area contributed by atoms with Crippen LogP contribution >= 0.6 is 11.3 Å². The number of H-pyrrole nitrogens is 1. The third kappa shape index (κ3) is 4.54. The van der Waals surface area contributed by atoms with Gasteiger partial charge in [0.15, 0.2) is 11.5 Å². The van der Waals surface area contributed by atoms with Crippen LogP contribution in [0.4, 0.5) is 0 Å². The Bertz CT molecular complexity index is 835. The number of aromatic nitrogens is 3. The van der Waals surface area contributed by atoms with Gasteiger partial charge in [-0.3, -0.25) is 4.79 Å². The van der Waals surface area contributed by atoms with Gasteiger partial charge in [0, 0.05) is 43.9 Å². The molecular weight excluding hydrogens is 360 g/mol. The maximum absolute atomic E-state index is 12.2. The van der Waals surface area contributed by atoms with Crippen LogP contribution in [0.1, 0.15) is 54.3 Å². The predicted octanol–water partition coefficient (Wildman–Crippen LogP) is 4.36. The molecule has 6 nitrogen and oxygen atoms in total. The van der Waals surface area contributed by atoms with Crippen LogP contribution in [0.3, 0.4) is 0 Å². The summed E-state index contributed by atoms with van der Waals surface area (Å²) >= 11 is 1.58. The lowest BCUT2D eigenvalue weighted by molar-refractivity contribution is 0.0970. The van der Waals surface area contributed by atoms with Gasteiger partial charge < -0.3 is 14.4 Å². The van der Waals surface area contributed by atoms with Gasteiger partial charge in [0.25, 0.3) is 0 Å². The lowest BCUT2D eigenvalue weighted by atomic mass is 9.99. The Morgan fingerprint density at radius 3 is 2.96 bits per heavy atom. The number of likely N-dealkylation sites (tertiary alicyclic amines) is 1. The minimum atomic E-state index is 0.0746. The van der Waals surface area contributed by atoms with Crippen molar-refractivity contribution in [2.45, 2.75) is 38.0 Å². The van der Waals surface area contributed by atoms with E-state index in [1.165, 1.54) is 6.42 Å². The summed E-state index contributed by atoms with van der Waals surface area (Å²) in [5, 5.41) is 5.91. The number of carbonyl (C=O) groups is 1. The molecular formula is C20H24N4O2S. The second-order valence-corrected chi connectivity index (χ2v) is 8.02. The largest absolute Gasteiger partial charge is 0.355 e. The minimum absolute atomic E-state index is 0.0746. The number of hydrogen-bond acceptors (Lipinski definition) is 6. The van der Waals surface area contributed by atoms with Gasteiger partial charge in [0.1, 0.15) is 11.5 Å². The molecule has 1 N–H and O–H groups in total. The Morgan fingerprint density at radius 1 is 1.30 bits per heavy atom. The van der Waals surface area contributed by atoms with E-state index in [9.17, 15) is 4.79 Å². The standard InChI is InChI=1S/C20H24N4O2S/c25-17(16-12-18(26-23-16)19-7-5-11-27-19)6-3-1-2-4-10-24-13-15(14-24)20-21-8-9-22-20/h5,7-9,11-12,15H,1-4,6,10,13-14H2,(H,21,22). The van der Waals surface area contributed by atoms with Crippen LogP contribution in [0.25, 0.3) is 10.6 Å². The first kappa shape index (κ1) is 18.1. The smallest absolute Gasteiger partial charge is 0.184 e. The van der Waals surface area contributed by atoms with Gasteiger partial charge >= 0.3 is 0 Å². The molecule has 0 spiro atoms. The van der Waals surface area contributed by atoms with Gasteiger partial charge in [0.2, 0.25) is 0 Å². The molecule has 0 aromatic carbocycles. The predicted molar refractivity (Wildman–Crippen MR) is 105 cm³/mol. The monoisotopic (exact) mass is 384 g/mol. The van der Waals surface area contributed by atoms with Crippen LogP contribution in [-0.4, -0.2) is 45.4 Å². The molecule has 7 heteroatoms. The van der Waals surface area contributed by atoms with Gasteiger partial charge in [-0.2, -0.15) is 0 Å². The molecule has 1 aliphatic heterocycles. The molecule has 0 saturated carbocycles. The number of ketones is 1. The summed E-state index contributed by atoms with van der Waals surface area (Å²) in [5.41, 5.74) is 0.447. The lowest BCUT2D eigenvalue weighted by Gasteiger charge is -2.38. The highest BCUT2D eigenvalue weighted by molar-refractivity contribution is 7.13. The van der Waals surface area contributed by atoms with Crippen molar-refractivity contribution in [1.82, 2.24) is 20.0 Å². The van der Waals surface area contributed by atoms with Crippen LogP contribution in [0.2, 0.25) is 0 Å². The fraction of sp³-hybridized carbons (Fsp3) is 0.450. The third-order valence-corrected chi connectivity index (χ3v) is 5.94. The number of hydrogen-bond donors (Lipinski definition) is 1. The summed E-state index contributed by atoms with van der Waals surface area (Å²) in [6.07, 6.45) is 8.59. The molecule has 0 unspecified atom stereocenters. The average Bonchev–Trinajstić information content (AvgIpc) is 3.40. The number of nitrogens with one attached hydrogen (secondary N) is 1. The highest BCUT2D eigenvalue weighted by Gasteiger charge is 2.28. The van der Waals surface area contributed by atoms with E-state index in [0.717, 1.165) is 49.6 Å². The first-order valence-corrected chi connectivity index (χ1v) is 10.4. The summed E-state index contributed by atoms with van der Waals surface area (Å²) in [5.74, 6) is 2.43. The number of aromatic amines is 1. The van der Waals surface area contributed by atoms with E-state index >= 15 is 0 Å². The first-order valence-electron chi connectivity index (χ1n) is 9.55. The number of nitrogens with zero attached hydrogens (tertiary/aromatic N) is 3. The number of carbonyl (C=O) groups excluding carboxylic acids is 1. The van der Waals surface area contributed by atoms with E-state index in [1.54, 1.807) is 17.4 Å². The van der Waals surface area contributed by atoms with Crippen molar-refractivity contribution in [2.75, 3.05) is 19.6 Å². The van der Waals surface area contributed by atoms with Crippen molar-refractivity contribution < 1.29 is 9.32 Å². The van der Waals surface area contributed by atoms with Crippen LogP contribution in [-0.2, 0) is 0 Å². The molecule has 0 amide bonds. The fourth-order valence-electron chi connectivity index (χ4n) is 3.47. The summed E-state index contributed by atoms with van der Waals surface area (Å²) in [6, 6.07) is 5.68. The SMILES string of the molecule is O=C(CCCCCCN1CC(c2ncc[nH]2)C1)c1cc(-c2cccs2)on1. The van der Waals surface area contributed by atoms with E-state index in [2.05, 4.69) is 20.0 Å². The Balaban J connectivity index is 1.08. The summed E-state index contributed by atoms with van der Waals surface area (Å²) in [6.45, 7) is 3.34. The highest BCUT2D eigenvalue weighted by Crippen LogP contribution is 2.26. The Kier molecular flexibility index (Phi) is 5.79. The molecule has 4 rings (SSSR count). The molecule has 1 aliphatic rings. The van der Waals surface area contributed by atoms with E-state index in [0.29, 0.717) is 23.8 Å². The zero-order chi connectivity index (χ0) is 18.5. The molecule has 27 heavy (non-hydrogen) atoms. The van der Waals surface area contributed by atoms with Crippen LogP contribution in [0, 0.1) is 0 Å². The second-order valence-electron chi connectivity index (χ2n) is 7.07. The third-order valence-electron chi connectivity index (χ3n) is 5.05. The molecule has 1 saturated heterocycles. The zero-order valence-electron chi connectivity index (χ0n) is 15.3. The van der Waals surface area contributed by atoms with Crippen molar-refractivity contribution in [3.05, 3.63) is 47.5 Å². The number of imidazole rings is 1. The number of Topliss-reactive ketones (excluding diaryl/α,β-unsaturated/α-hetero) is 1. The molecule has 3 aromatic rings. The molecule has 4 heterocycles. The van der Waals surface area contributed by atoms with E-state index in [-0.39, 0.29) is 5.78 Å². The molecule has 142 valence electrons. The Morgan fingerprint density at radius 2 is 2.19 bits per heavy atom. The molecule has 3 aromatic heterocycles. The Labute approximate surface area is 162 Å². The minimum Gasteiger partial charge on any atom is -0.355 e. The van der Waals surface area contributed by atoms with Crippen molar-refractivity contribution in [3.8, 4) is 10.6 Å². The molecule has 0 aliphatic carbocycles. The van der Waals surface area contributed by atoms with E-state index < -0.39 is 0 Å². The molecule has 1 fully saturated rings. The lowest BCUT2D eigenvalue weighted by Crippen LogP contribution is -2.45. The Hall–Kier alpha value is -2.25. The normalized spacial score (nSPS) is 15.1. The molecule has 0 bridgehead atoms. The topological polar surface area (TPSA) is 75.0 Å².